The Bertz CT molecular complexity index is 99.1. The summed E-state index contributed by atoms with van der Waals surface area (Å²) in [7, 11) is 0. The minimum atomic E-state index is 0.417. The molecule has 0 aliphatic heterocycles. The maximum absolute atomic E-state index is 10.3. The molecule has 1 heteroatoms. The standard InChI is InChI=1S/C8H14O/c1-3-6-7(4-2)8(6)5-9/h5-8H,3-4H2,1-2H3/t6-,7+,8?. The summed E-state index contributed by atoms with van der Waals surface area (Å²) >= 11 is 0. The molecule has 0 bridgehead atoms. The van der Waals surface area contributed by atoms with Gasteiger partial charge in [0.05, 0.1) is 0 Å². The summed E-state index contributed by atoms with van der Waals surface area (Å²) in [5.74, 6) is 1.87. The first-order valence-electron chi connectivity index (χ1n) is 3.80. The zero-order valence-electron chi connectivity index (χ0n) is 6.13. The van der Waals surface area contributed by atoms with Crippen LogP contribution in [0.5, 0.6) is 0 Å². The summed E-state index contributed by atoms with van der Waals surface area (Å²) < 4.78 is 0. The van der Waals surface area contributed by atoms with Gasteiger partial charge in [0.15, 0.2) is 0 Å². The summed E-state index contributed by atoms with van der Waals surface area (Å²) in [6, 6.07) is 0. The van der Waals surface area contributed by atoms with E-state index in [2.05, 4.69) is 13.8 Å². The summed E-state index contributed by atoms with van der Waals surface area (Å²) in [5.41, 5.74) is 0. The molecular formula is C8H14O. The van der Waals surface area contributed by atoms with E-state index in [0.717, 1.165) is 18.1 Å². The SMILES string of the molecule is CC[C@@H]1C(C=O)[C@@H]1CC. The molecule has 1 aliphatic carbocycles. The van der Waals surface area contributed by atoms with Crippen molar-refractivity contribution in [2.45, 2.75) is 26.7 Å². The Morgan fingerprint density at radius 1 is 1.22 bits per heavy atom. The number of hydrogen-bond acceptors (Lipinski definition) is 1. The third-order valence-corrected chi connectivity index (χ3v) is 2.50. The van der Waals surface area contributed by atoms with E-state index in [9.17, 15) is 4.79 Å². The third kappa shape index (κ3) is 1.00. The molecule has 1 aliphatic rings. The van der Waals surface area contributed by atoms with E-state index >= 15 is 0 Å². The van der Waals surface area contributed by atoms with Gasteiger partial charge in [-0.05, 0) is 11.8 Å². The van der Waals surface area contributed by atoms with Crippen LogP contribution < -0.4 is 0 Å². The topological polar surface area (TPSA) is 17.1 Å². The lowest BCUT2D eigenvalue weighted by Crippen LogP contribution is -1.79. The molecule has 1 saturated carbocycles. The molecule has 1 nitrogen and oxygen atoms in total. The van der Waals surface area contributed by atoms with Crippen LogP contribution in [0, 0.1) is 17.8 Å². The number of hydrogen-bond donors (Lipinski definition) is 0. The van der Waals surface area contributed by atoms with Crippen LogP contribution in [0.15, 0.2) is 0 Å². The van der Waals surface area contributed by atoms with Gasteiger partial charge in [-0.2, -0.15) is 0 Å². The normalized spacial score (nSPS) is 40.4. The zero-order chi connectivity index (χ0) is 6.85. The minimum absolute atomic E-state index is 0.417. The van der Waals surface area contributed by atoms with E-state index in [0.29, 0.717) is 5.92 Å². The van der Waals surface area contributed by atoms with E-state index < -0.39 is 0 Å². The summed E-state index contributed by atoms with van der Waals surface area (Å²) in [5, 5.41) is 0. The van der Waals surface area contributed by atoms with Crippen LogP contribution in [0.1, 0.15) is 26.7 Å². The maximum atomic E-state index is 10.3. The Hall–Kier alpha value is -0.330. The van der Waals surface area contributed by atoms with E-state index in [1.165, 1.54) is 12.8 Å². The van der Waals surface area contributed by atoms with E-state index in [1.54, 1.807) is 0 Å². The molecule has 1 fully saturated rings. The van der Waals surface area contributed by atoms with Gasteiger partial charge in [0.2, 0.25) is 0 Å². The molecular weight excluding hydrogens is 112 g/mol. The average Bonchev–Trinajstić information content (AvgIpc) is 2.59. The molecule has 0 N–H and O–H groups in total. The van der Waals surface area contributed by atoms with Crippen molar-refractivity contribution in [3.8, 4) is 0 Å². The Kier molecular flexibility index (Phi) is 1.89. The molecule has 0 aromatic carbocycles. The van der Waals surface area contributed by atoms with Crippen LogP contribution >= 0.6 is 0 Å². The zero-order valence-corrected chi connectivity index (χ0v) is 6.13. The predicted octanol–water partition coefficient (Wildman–Crippen LogP) is 1.87. The minimum Gasteiger partial charge on any atom is -0.303 e. The lowest BCUT2D eigenvalue weighted by atomic mass is 10.2. The second-order valence-electron chi connectivity index (χ2n) is 2.86. The van der Waals surface area contributed by atoms with Crippen LogP contribution in [0.4, 0.5) is 0 Å². The van der Waals surface area contributed by atoms with Crippen molar-refractivity contribution in [2.75, 3.05) is 0 Å². The van der Waals surface area contributed by atoms with E-state index in [4.69, 9.17) is 0 Å². The van der Waals surface area contributed by atoms with Crippen molar-refractivity contribution in [3.05, 3.63) is 0 Å². The fourth-order valence-electron chi connectivity index (χ4n) is 1.83. The Labute approximate surface area is 56.4 Å². The molecule has 0 radical (unpaired) electrons. The average molecular weight is 126 g/mol. The molecule has 0 spiro atoms. The highest BCUT2D eigenvalue weighted by Gasteiger charge is 2.46. The van der Waals surface area contributed by atoms with E-state index in [-0.39, 0.29) is 0 Å². The molecule has 0 aromatic rings. The van der Waals surface area contributed by atoms with Gasteiger partial charge in [-0.3, -0.25) is 0 Å². The molecule has 0 saturated heterocycles. The first kappa shape index (κ1) is 6.79. The Morgan fingerprint density at radius 3 is 1.78 bits per heavy atom. The number of aldehydes is 1. The highest BCUT2D eigenvalue weighted by Crippen LogP contribution is 2.48. The summed E-state index contributed by atoms with van der Waals surface area (Å²) in [6.45, 7) is 4.33. The van der Waals surface area contributed by atoms with Crippen LogP contribution in [0.2, 0.25) is 0 Å². The van der Waals surface area contributed by atoms with Crippen LogP contribution in [-0.2, 0) is 4.79 Å². The van der Waals surface area contributed by atoms with Crippen molar-refractivity contribution in [3.63, 3.8) is 0 Å². The molecule has 52 valence electrons. The predicted molar refractivity (Wildman–Crippen MR) is 37.1 cm³/mol. The fraction of sp³-hybridized carbons (Fsp3) is 0.875. The number of rotatable bonds is 3. The van der Waals surface area contributed by atoms with Crippen LogP contribution in [-0.4, -0.2) is 6.29 Å². The van der Waals surface area contributed by atoms with Gasteiger partial charge < -0.3 is 4.79 Å². The van der Waals surface area contributed by atoms with Crippen molar-refractivity contribution in [1.82, 2.24) is 0 Å². The molecule has 0 aromatic heterocycles. The monoisotopic (exact) mass is 126 g/mol. The maximum Gasteiger partial charge on any atom is 0.123 e. The van der Waals surface area contributed by atoms with Crippen LogP contribution in [0.3, 0.4) is 0 Å². The second-order valence-corrected chi connectivity index (χ2v) is 2.86. The summed E-state index contributed by atoms with van der Waals surface area (Å²) in [4.78, 5) is 10.3. The molecule has 1 unspecified atom stereocenters. The Balaban J connectivity index is 2.34. The van der Waals surface area contributed by atoms with Gasteiger partial charge in [0, 0.05) is 5.92 Å². The van der Waals surface area contributed by atoms with Gasteiger partial charge in [-0.15, -0.1) is 0 Å². The van der Waals surface area contributed by atoms with Crippen molar-refractivity contribution in [1.29, 1.82) is 0 Å². The van der Waals surface area contributed by atoms with Gasteiger partial charge in [-0.1, -0.05) is 26.7 Å². The van der Waals surface area contributed by atoms with E-state index in [1.807, 2.05) is 0 Å². The van der Waals surface area contributed by atoms with Gasteiger partial charge >= 0.3 is 0 Å². The van der Waals surface area contributed by atoms with Crippen molar-refractivity contribution >= 4 is 6.29 Å². The first-order chi connectivity index (χ1) is 4.35. The van der Waals surface area contributed by atoms with Gasteiger partial charge in [0.1, 0.15) is 6.29 Å². The lowest BCUT2D eigenvalue weighted by molar-refractivity contribution is -0.109. The number of carbonyl (C=O) groups excluding carboxylic acids is 1. The Morgan fingerprint density at radius 2 is 1.67 bits per heavy atom. The highest BCUT2D eigenvalue weighted by molar-refractivity contribution is 5.59. The third-order valence-electron chi connectivity index (χ3n) is 2.50. The lowest BCUT2D eigenvalue weighted by Gasteiger charge is -1.84. The van der Waals surface area contributed by atoms with Crippen molar-refractivity contribution < 1.29 is 4.79 Å². The molecule has 3 atom stereocenters. The molecule has 0 heterocycles. The molecule has 9 heavy (non-hydrogen) atoms. The quantitative estimate of drug-likeness (QED) is 0.527. The van der Waals surface area contributed by atoms with Gasteiger partial charge in [0.25, 0.3) is 0 Å². The van der Waals surface area contributed by atoms with Crippen molar-refractivity contribution in [2.24, 2.45) is 17.8 Å². The second kappa shape index (κ2) is 2.51. The highest BCUT2D eigenvalue weighted by atomic mass is 16.1. The van der Waals surface area contributed by atoms with Crippen LogP contribution in [0.25, 0.3) is 0 Å². The smallest absolute Gasteiger partial charge is 0.123 e. The summed E-state index contributed by atoms with van der Waals surface area (Å²) in [6.07, 6.45) is 3.49. The largest absolute Gasteiger partial charge is 0.303 e. The first-order valence-corrected chi connectivity index (χ1v) is 3.80. The molecule has 1 rings (SSSR count). The number of carbonyl (C=O) groups is 1. The van der Waals surface area contributed by atoms with Gasteiger partial charge in [-0.25, -0.2) is 0 Å². The molecule has 0 amide bonds. The fourth-order valence-corrected chi connectivity index (χ4v) is 1.83.